The first-order chi connectivity index (χ1) is 28.5. The average molecular weight is 845 g/mol. The van der Waals surface area contributed by atoms with Crippen LogP contribution in [0, 0.1) is 18.7 Å². The van der Waals surface area contributed by atoms with Crippen LogP contribution < -0.4 is 20.1 Å². The third kappa shape index (κ3) is 8.67. The summed E-state index contributed by atoms with van der Waals surface area (Å²) in [5, 5.41) is 5.33. The van der Waals surface area contributed by atoms with Crippen LogP contribution in [0.2, 0.25) is 0 Å². The zero-order valence-corrected chi connectivity index (χ0v) is 34.8. The molecular weight excluding hydrogens is 796 g/mol. The number of fused-ring (bicyclic) bond motifs is 5. The molecule has 4 aromatic rings. The first-order valence-corrected chi connectivity index (χ1v) is 22.0. The van der Waals surface area contributed by atoms with E-state index in [2.05, 4.69) is 15.4 Å². The molecule has 2 aliphatic carbocycles. The molecule has 1 saturated heterocycles. The van der Waals surface area contributed by atoms with Crippen LogP contribution >= 0.6 is 0 Å². The van der Waals surface area contributed by atoms with Crippen LogP contribution in [0.5, 0.6) is 5.88 Å². The Morgan fingerprint density at radius 3 is 2.53 bits per heavy atom. The number of halogens is 1. The topological polar surface area (TPSA) is 199 Å². The summed E-state index contributed by atoms with van der Waals surface area (Å²) in [5.74, 6) is -2.78. The lowest BCUT2D eigenvalue weighted by Crippen LogP contribution is -2.58. The Hall–Kier alpha value is -5.58. The van der Waals surface area contributed by atoms with Gasteiger partial charge in [-0.25, -0.2) is 22.6 Å². The molecule has 3 fully saturated rings. The molecule has 5 atom stereocenters. The summed E-state index contributed by atoms with van der Waals surface area (Å²) in [6.45, 7) is 6.94. The lowest BCUT2D eigenvalue weighted by molar-refractivity contribution is -0.141. The Balaban J connectivity index is 1.15. The minimum atomic E-state index is -3.94. The molecule has 0 radical (unpaired) electrons. The summed E-state index contributed by atoms with van der Waals surface area (Å²) in [4.78, 5) is 67.0. The van der Waals surface area contributed by atoms with E-state index in [1.807, 2.05) is 43.3 Å². The number of aromatic nitrogens is 2. The van der Waals surface area contributed by atoms with Crippen molar-refractivity contribution in [3.05, 3.63) is 66.0 Å². The predicted octanol–water partition coefficient (Wildman–Crippen LogP) is 5.74. The van der Waals surface area contributed by atoms with E-state index in [0.29, 0.717) is 47.7 Å². The molecule has 2 aliphatic heterocycles. The van der Waals surface area contributed by atoms with Crippen LogP contribution in [0.4, 0.5) is 9.18 Å². The number of hydrogen-bond acceptors (Lipinski definition) is 11. The monoisotopic (exact) mass is 844 g/mol. The second-order valence-electron chi connectivity index (χ2n) is 17.3. The fourth-order valence-corrected chi connectivity index (χ4v) is 9.32. The summed E-state index contributed by atoms with van der Waals surface area (Å²) in [5.41, 5.74) is 0.0372. The van der Waals surface area contributed by atoms with Gasteiger partial charge in [-0.05, 0) is 84.4 Å². The molecular formula is C43H49FN6O9S. The zero-order chi connectivity index (χ0) is 42.6. The highest BCUT2D eigenvalue weighted by molar-refractivity contribution is 7.91. The minimum Gasteiger partial charge on any atom is -0.470 e. The van der Waals surface area contributed by atoms with Gasteiger partial charge in [0.05, 0.1) is 11.8 Å². The highest BCUT2D eigenvalue weighted by atomic mass is 32.2. The third-order valence-electron chi connectivity index (χ3n) is 11.4. The number of carbonyl (C=O) groups is 4. The van der Waals surface area contributed by atoms with Gasteiger partial charge in [0.25, 0.3) is 11.8 Å². The highest BCUT2D eigenvalue weighted by Gasteiger charge is 2.62. The number of rotatable bonds is 7. The van der Waals surface area contributed by atoms with Gasteiger partial charge in [-0.1, -0.05) is 54.8 Å². The molecule has 17 heteroatoms. The molecule has 8 rings (SSSR count). The molecule has 0 bridgehead atoms. The number of ether oxygens (including phenoxy) is 2. The lowest BCUT2D eigenvalue weighted by atomic mass is 10.0. The number of aryl methyl sites for hydroxylation is 1. The van der Waals surface area contributed by atoms with Gasteiger partial charge in [-0.15, -0.1) is 0 Å². The van der Waals surface area contributed by atoms with Crippen LogP contribution in [-0.4, -0.2) is 88.2 Å². The largest absolute Gasteiger partial charge is 0.470 e. The van der Waals surface area contributed by atoms with Crippen LogP contribution in [-0.2, 0) is 29.1 Å². The molecule has 60 heavy (non-hydrogen) atoms. The summed E-state index contributed by atoms with van der Waals surface area (Å²) in [7, 11) is -3.94. The van der Waals surface area contributed by atoms with Gasteiger partial charge < -0.3 is 29.4 Å². The predicted molar refractivity (Wildman–Crippen MR) is 218 cm³/mol. The van der Waals surface area contributed by atoms with Gasteiger partial charge in [0.15, 0.2) is 5.82 Å². The Kier molecular flexibility index (Phi) is 10.8. The average Bonchev–Trinajstić information content (AvgIpc) is 4.08. The maximum absolute atomic E-state index is 14.7. The van der Waals surface area contributed by atoms with Gasteiger partial charge in [0, 0.05) is 23.3 Å². The number of nitrogens with zero attached hydrogens (tertiary/aromatic N) is 3. The molecule has 15 nitrogen and oxygen atoms in total. The van der Waals surface area contributed by atoms with Crippen molar-refractivity contribution in [3.8, 4) is 17.3 Å². The summed E-state index contributed by atoms with van der Waals surface area (Å²) in [6, 6.07) is 9.26. The number of allylic oxidation sites excluding steroid dienone is 1. The minimum absolute atomic E-state index is 0.00439. The lowest BCUT2D eigenvalue weighted by Gasteiger charge is -2.30. The molecule has 0 unspecified atom stereocenters. The molecule has 2 saturated carbocycles. The van der Waals surface area contributed by atoms with Crippen molar-refractivity contribution in [1.29, 1.82) is 0 Å². The second-order valence-corrected chi connectivity index (χ2v) is 19.3. The van der Waals surface area contributed by atoms with E-state index in [0.717, 1.165) is 18.4 Å². The standard InChI is InChI=1S/C43H49FN6O9S/c1-24-12-14-25(15-13-24)36-46-34-30-20-27(44)16-19-33(30)58-35(34)38(47-36)57-28-21-32-37(51)48-43(40(53)49-60(55,56)29-17-18-29)22-26(43)10-8-6-5-7-9-11-31(39(52)50(32)23-28)45-41(54)59-42(2,3)4/h8,10,12-16,19-20,26,28-29,31-32H,5-7,9,11,17-18,21-23H2,1-4H3,(H,45,54)(H,48,51)(H,49,53)/b10-8-/t26-,28-,31+,32+,43-/m1/s1. The Labute approximate surface area is 346 Å². The van der Waals surface area contributed by atoms with Crippen LogP contribution in [0.3, 0.4) is 0 Å². The van der Waals surface area contributed by atoms with Gasteiger partial charge in [-0.3, -0.25) is 19.1 Å². The van der Waals surface area contributed by atoms with E-state index in [1.165, 1.54) is 23.1 Å². The summed E-state index contributed by atoms with van der Waals surface area (Å²) < 4.78 is 60.8. The molecule has 4 heterocycles. The van der Waals surface area contributed by atoms with Crippen LogP contribution in [0.15, 0.2) is 59.0 Å². The normalized spacial score (nSPS) is 25.6. The molecule has 4 amide bonds. The molecule has 3 N–H and O–H groups in total. The summed E-state index contributed by atoms with van der Waals surface area (Å²) in [6.07, 6.45) is 6.05. The van der Waals surface area contributed by atoms with Crippen molar-refractivity contribution in [2.45, 2.75) is 120 Å². The molecule has 2 aromatic heterocycles. The number of carbonyl (C=O) groups excluding carboxylic acids is 4. The first-order valence-electron chi connectivity index (χ1n) is 20.5. The highest BCUT2D eigenvalue weighted by Crippen LogP contribution is 2.46. The fourth-order valence-electron chi connectivity index (χ4n) is 7.96. The number of benzene rings is 2. The van der Waals surface area contributed by atoms with E-state index in [1.54, 1.807) is 20.8 Å². The van der Waals surface area contributed by atoms with Crippen LogP contribution in [0.1, 0.15) is 84.1 Å². The van der Waals surface area contributed by atoms with E-state index in [4.69, 9.17) is 23.9 Å². The molecule has 4 aliphatic rings. The Morgan fingerprint density at radius 1 is 1.03 bits per heavy atom. The van der Waals surface area contributed by atoms with Crippen molar-refractivity contribution in [2.24, 2.45) is 5.92 Å². The maximum atomic E-state index is 14.7. The number of nitrogens with one attached hydrogen (secondary N) is 3. The van der Waals surface area contributed by atoms with Crippen molar-refractivity contribution >= 4 is 55.9 Å². The zero-order valence-electron chi connectivity index (χ0n) is 34.0. The first kappa shape index (κ1) is 41.2. The Morgan fingerprint density at radius 2 is 1.80 bits per heavy atom. The van der Waals surface area contributed by atoms with E-state index >= 15 is 0 Å². The Bertz CT molecular complexity index is 2500. The third-order valence-corrected chi connectivity index (χ3v) is 13.2. The number of sulfonamides is 1. The molecule has 318 valence electrons. The second kappa shape index (κ2) is 15.8. The van der Waals surface area contributed by atoms with Crippen molar-refractivity contribution < 1.29 is 45.9 Å². The number of amides is 4. The van der Waals surface area contributed by atoms with Crippen molar-refractivity contribution in [3.63, 3.8) is 0 Å². The summed E-state index contributed by atoms with van der Waals surface area (Å²) >= 11 is 0. The van der Waals surface area contributed by atoms with Gasteiger partial charge >= 0.3 is 6.09 Å². The maximum Gasteiger partial charge on any atom is 0.408 e. The van der Waals surface area contributed by atoms with Gasteiger partial charge in [0.2, 0.25) is 27.4 Å². The smallest absolute Gasteiger partial charge is 0.408 e. The quantitative estimate of drug-likeness (QED) is 0.192. The van der Waals surface area contributed by atoms with Gasteiger partial charge in [0.1, 0.15) is 46.2 Å². The number of hydrogen-bond donors (Lipinski definition) is 3. The van der Waals surface area contributed by atoms with Crippen molar-refractivity contribution in [2.75, 3.05) is 6.54 Å². The van der Waals surface area contributed by atoms with Gasteiger partial charge in [-0.2, -0.15) is 4.98 Å². The van der Waals surface area contributed by atoms with Crippen LogP contribution in [0.25, 0.3) is 33.5 Å². The molecule has 2 aromatic carbocycles. The van der Waals surface area contributed by atoms with E-state index in [9.17, 15) is 32.0 Å². The number of furan rings is 1. The van der Waals surface area contributed by atoms with Crippen molar-refractivity contribution in [1.82, 2.24) is 30.2 Å². The SMILES string of the molecule is Cc1ccc(-c2nc(O[C@@H]3C[C@H]4C(=O)N[C@]5(C(=O)NS(=O)(=O)C6CC6)C[C@H]5/C=C\CCCCC[C@H](NC(=O)OC(C)(C)C)C(=O)N4C3)c3oc4ccc(F)cc4c3n2)cc1. The number of alkyl carbamates (subject to hydrolysis) is 1. The van der Waals surface area contributed by atoms with E-state index in [-0.39, 0.29) is 43.1 Å². The van der Waals surface area contributed by atoms with E-state index < -0.39 is 80.2 Å². The molecule has 0 spiro atoms. The fraction of sp³-hybridized carbons (Fsp3) is 0.488.